The number of aromatic amines is 1. The van der Waals surface area contributed by atoms with Gasteiger partial charge in [-0.25, -0.2) is 15.0 Å². The van der Waals surface area contributed by atoms with Crippen LogP contribution in [-0.4, -0.2) is 25.1 Å². The number of nitrogens with one attached hydrogen (secondary N) is 1. The number of nitrogens with zero attached hydrogens (tertiary/aromatic N) is 4. The van der Waals surface area contributed by atoms with Crippen LogP contribution in [0.5, 0.6) is 0 Å². The number of hydrogen-bond acceptors (Lipinski definition) is 5. The second-order valence-corrected chi connectivity index (χ2v) is 3.86. The first-order valence-corrected chi connectivity index (χ1v) is 5.19. The highest BCUT2D eigenvalue weighted by atomic mass is 35.5. The lowest BCUT2D eigenvalue weighted by Crippen LogP contribution is -1.96. The Balaban J connectivity index is 2.22. The molecule has 0 atom stereocenters. The predicted molar refractivity (Wildman–Crippen MR) is 64.3 cm³/mol. The van der Waals surface area contributed by atoms with Crippen LogP contribution in [0, 0.1) is 0 Å². The molecular formula is C10H7ClN6. The van der Waals surface area contributed by atoms with E-state index in [1.165, 1.54) is 6.20 Å². The number of nitrogens with two attached hydrogens (primary N) is 1. The highest BCUT2D eigenvalue weighted by molar-refractivity contribution is 6.32. The Morgan fingerprint density at radius 3 is 2.94 bits per heavy atom. The van der Waals surface area contributed by atoms with Gasteiger partial charge < -0.3 is 5.73 Å². The first kappa shape index (κ1) is 9.98. The summed E-state index contributed by atoms with van der Waals surface area (Å²) in [5.41, 5.74) is 7.59. The summed E-state index contributed by atoms with van der Waals surface area (Å²) in [6.45, 7) is 0. The normalized spacial score (nSPS) is 10.9. The van der Waals surface area contributed by atoms with Crippen molar-refractivity contribution in [2.75, 3.05) is 5.73 Å². The van der Waals surface area contributed by atoms with Crippen molar-refractivity contribution < 1.29 is 0 Å². The van der Waals surface area contributed by atoms with Crippen LogP contribution in [0.1, 0.15) is 0 Å². The van der Waals surface area contributed by atoms with E-state index < -0.39 is 0 Å². The minimum atomic E-state index is 0.177. The second-order valence-electron chi connectivity index (χ2n) is 3.46. The number of nitrogen functional groups attached to an aromatic ring is 1. The molecule has 0 aromatic carbocycles. The van der Waals surface area contributed by atoms with Crippen molar-refractivity contribution in [3.63, 3.8) is 0 Å². The number of rotatable bonds is 1. The van der Waals surface area contributed by atoms with Crippen molar-refractivity contribution in [2.45, 2.75) is 0 Å². The molecule has 6 nitrogen and oxygen atoms in total. The van der Waals surface area contributed by atoms with Crippen LogP contribution in [0.3, 0.4) is 0 Å². The van der Waals surface area contributed by atoms with Crippen molar-refractivity contribution in [1.29, 1.82) is 0 Å². The average molecular weight is 247 g/mol. The molecule has 7 heteroatoms. The maximum atomic E-state index is 6.02. The lowest BCUT2D eigenvalue weighted by Gasteiger charge is -2.03. The van der Waals surface area contributed by atoms with E-state index in [-0.39, 0.29) is 5.95 Å². The molecule has 0 saturated heterocycles. The van der Waals surface area contributed by atoms with Gasteiger partial charge in [-0.05, 0) is 6.07 Å². The van der Waals surface area contributed by atoms with Gasteiger partial charge in [0.15, 0.2) is 5.65 Å². The molecule has 0 bridgehead atoms. The molecule has 0 radical (unpaired) electrons. The third-order valence-electron chi connectivity index (χ3n) is 2.33. The van der Waals surface area contributed by atoms with Gasteiger partial charge in [0, 0.05) is 17.1 Å². The van der Waals surface area contributed by atoms with E-state index in [1.807, 2.05) is 6.07 Å². The zero-order valence-corrected chi connectivity index (χ0v) is 9.31. The molecule has 0 saturated carbocycles. The molecule has 0 spiro atoms. The van der Waals surface area contributed by atoms with Gasteiger partial charge in [0.05, 0.1) is 23.1 Å². The van der Waals surface area contributed by atoms with Gasteiger partial charge in [0.1, 0.15) is 0 Å². The van der Waals surface area contributed by atoms with E-state index in [9.17, 15) is 0 Å². The summed E-state index contributed by atoms with van der Waals surface area (Å²) >= 11 is 6.02. The highest BCUT2D eigenvalue weighted by Crippen LogP contribution is 2.26. The largest absolute Gasteiger partial charge is 0.368 e. The first-order valence-electron chi connectivity index (χ1n) is 4.81. The van der Waals surface area contributed by atoms with Crippen LogP contribution in [0.15, 0.2) is 24.7 Å². The van der Waals surface area contributed by atoms with Crippen LogP contribution < -0.4 is 5.73 Å². The summed E-state index contributed by atoms with van der Waals surface area (Å²) in [6.07, 6.45) is 4.82. The number of aromatic nitrogens is 5. The highest BCUT2D eigenvalue weighted by Gasteiger charge is 2.08. The molecule has 3 rings (SSSR count). The molecule has 84 valence electrons. The molecule has 0 aliphatic heterocycles. The maximum absolute atomic E-state index is 6.02. The Morgan fingerprint density at radius 2 is 2.06 bits per heavy atom. The topological polar surface area (TPSA) is 93.4 Å². The smallest absolute Gasteiger partial charge is 0.220 e. The van der Waals surface area contributed by atoms with E-state index >= 15 is 0 Å². The van der Waals surface area contributed by atoms with Crippen LogP contribution in [0.4, 0.5) is 5.95 Å². The fourth-order valence-electron chi connectivity index (χ4n) is 1.55. The van der Waals surface area contributed by atoms with E-state index in [4.69, 9.17) is 17.3 Å². The summed E-state index contributed by atoms with van der Waals surface area (Å²) in [4.78, 5) is 12.1. The van der Waals surface area contributed by atoms with E-state index in [2.05, 4.69) is 25.1 Å². The number of hydrogen-bond donors (Lipinski definition) is 2. The Bertz CT molecular complexity index is 692. The standard InChI is InChI=1S/C10H7ClN6/c11-7-4-14-10(12)16-8(7)5-1-6-3-15-17-9(6)13-2-5/h1-4H,(H2,12,14,16)(H,13,15,17). The van der Waals surface area contributed by atoms with Gasteiger partial charge in [0.2, 0.25) is 5.95 Å². The number of anilines is 1. The lowest BCUT2D eigenvalue weighted by molar-refractivity contribution is 1.10. The van der Waals surface area contributed by atoms with Crippen molar-refractivity contribution in [1.82, 2.24) is 25.1 Å². The van der Waals surface area contributed by atoms with Crippen molar-refractivity contribution in [3.8, 4) is 11.3 Å². The molecule has 0 fully saturated rings. The minimum Gasteiger partial charge on any atom is -0.368 e. The summed E-state index contributed by atoms with van der Waals surface area (Å²) < 4.78 is 0. The summed E-state index contributed by atoms with van der Waals surface area (Å²) in [6, 6.07) is 1.89. The Hall–Kier alpha value is -2.21. The third kappa shape index (κ3) is 1.68. The van der Waals surface area contributed by atoms with Gasteiger partial charge in [-0.2, -0.15) is 5.10 Å². The third-order valence-corrected chi connectivity index (χ3v) is 2.60. The second kappa shape index (κ2) is 3.67. The molecule has 17 heavy (non-hydrogen) atoms. The monoisotopic (exact) mass is 246 g/mol. The van der Waals surface area contributed by atoms with E-state index in [0.29, 0.717) is 16.4 Å². The lowest BCUT2D eigenvalue weighted by atomic mass is 10.2. The average Bonchev–Trinajstić information content (AvgIpc) is 2.79. The molecule has 0 unspecified atom stereocenters. The quantitative estimate of drug-likeness (QED) is 0.681. The van der Waals surface area contributed by atoms with Crippen LogP contribution in [0.25, 0.3) is 22.3 Å². The molecule has 3 aromatic rings. The molecule has 3 heterocycles. The van der Waals surface area contributed by atoms with Crippen LogP contribution in [-0.2, 0) is 0 Å². The zero-order chi connectivity index (χ0) is 11.8. The van der Waals surface area contributed by atoms with Gasteiger partial charge in [0.25, 0.3) is 0 Å². The Kier molecular flexibility index (Phi) is 2.15. The van der Waals surface area contributed by atoms with E-state index in [1.54, 1.807) is 12.4 Å². The molecule has 3 aromatic heterocycles. The number of fused-ring (bicyclic) bond motifs is 1. The molecule has 0 aliphatic carbocycles. The number of H-pyrrole nitrogens is 1. The summed E-state index contributed by atoms with van der Waals surface area (Å²) in [5, 5.41) is 7.99. The Morgan fingerprint density at radius 1 is 1.18 bits per heavy atom. The Labute approximate surface area is 101 Å². The molecule has 3 N–H and O–H groups in total. The SMILES string of the molecule is Nc1ncc(Cl)c(-c2cnc3[nH]ncc3c2)n1. The van der Waals surface area contributed by atoms with E-state index in [0.717, 1.165) is 10.9 Å². The summed E-state index contributed by atoms with van der Waals surface area (Å²) in [7, 11) is 0. The molecular weight excluding hydrogens is 240 g/mol. The summed E-state index contributed by atoms with van der Waals surface area (Å²) in [5.74, 6) is 0.177. The van der Waals surface area contributed by atoms with Crippen molar-refractivity contribution >= 4 is 28.6 Å². The minimum absolute atomic E-state index is 0.177. The van der Waals surface area contributed by atoms with Gasteiger partial charge in [-0.3, -0.25) is 5.10 Å². The fraction of sp³-hybridized carbons (Fsp3) is 0. The van der Waals surface area contributed by atoms with Gasteiger partial charge in [-0.1, -0.05) is 11.6 Å². The maximum Gasteiger partial charge on any atom is 0.220 e. The van der Waals surface area contributed by atoms with Gasteiger partial charge >= 0.3 is 0 Å². The molecule has 0 aliphatic rings. The predicted octanol–water partition coefficient (Wildman–Crippen LogP) is 1.65. The number of pyridine rings is 1. The van der Waals surface area contributed by atoms with Gasteiger partial charge in [-0.15, -0.1) is 0 Å². The van der Waals surface area contributed by atoms with Crippen LogP contribution >= 0.6 is 11.6 Å². The number of halogens is 1. The zero-order valence-electron chi connectivity index (χ0n) is 8.55. The van der Waals surface area contributed by atoms with Crippen molar-refractivity contribution in [2.24, 2.45) is 0 Å². The first-order chi connectivity index (χ1) is 8.24. The van der Waals surface area contributed by atoms with Crippen LogP contribution in [0.2, 0.25) is 5.02 Å². The fourth-order valence-corrected chi connectivity index (χ4v) is 1.75. The van der Waals surface area contributed by atoms with Crippen molar-refractivity contribution in [3.05, 3.63) is 29.7 Å². The molecule has 0 amide bonds.